The third-order valence-corrected chi connectivity index (χ3v) is 8.73. The second-order valence-corrected chi connectivity index (χ2v) is 11.6. The Bertz CT molecular complexity index is 2420. The van der Waals surface area contributed by atoms with Crippen molar-refractivity contribution in [1.82, 2.24) is 19.9 Å². The molecule has 0 fully saturated rings. The second-order valence-electron chi connectivity index (χ2n) is 11.6. The van der Waals surface area contributed by atoms with Crippen molar-refractivity contribution in [3.8, 4) is 45.0 Å². The average molecular weight is 587 g/mol. The molecule has 4 nitrogen and oxygen atoms in total. The van der Waals surface area contributed by atoms with Gasteiger partial charge in [0.25, 0.3) is 0 Å². The molecule has 0 radical (unpaired) electrons. The maximum Gasteiger partial charge on any atom is 0.0973 e. The Morgan fingerprint density at radius 3 is 1.15 bits per heavy atom. The highest BCUT2D eigenvalue weighted by molar-refractivity contribution is 6.04. The van der Waals surface area contributed by atoms with Crippen molar-refractivity contribution < 1.29 is 0 Å². The first-order valence-electron chi connectivity index (χ1n) is 15.4. The van der Waals surface area contributed by atoms with Crippen LogP contribution in [-0.4, -0.2) is 19.9 Å². The van der Waals surface area contributed by atoms with Gasteiger partial charge in [-0.25, -0.2) is 9.97 Å². The van der Waals surface area contributed by atoms with Crippen LogP contribution in [0.3, 0.4) is 0 Å². The number of hydrogen-bond donors (Lipinski definition) is 0. The lowest BCUT2D eigenvalue weighted by Crippen LogP contribution is -1.93. The van der Waals surface area contributed by atoms with Crippen LogP contribution in [0.2, 0.25) is 0 Å². The molecule has 4 aromatic heterocycles. The first kappa shape index (κ1) is 26.2. The molecular formula is C42H26N4. The molecule has 0 spiro atoms. The SMILES string of the molecule is c1ccc2cc(-c3ccnc(-c4ccc5ccc6ccc(-c7cc(-c8ccc9ccccc9c8)ccn7)nc6c5n4)c3)ccc2c1. The van der Waals surface area contributed by atoms with Gasteiger partial charge in [0.1, 0.15) is 0 Å². The van der Waals surface area contributed by atoms with Gasteiger partial charge in [-0.15, -0.1) is 0 Å². The average Bonchev–Trinajstić information content (AvgIpc) is 3.14. The van der Waals surface area contributed by atoms with Crippen molar-refractivity contribution >= 4 is 43.4 Å². The van der Waals surface area contributed by atoms with E-state index in [0.717, 1.165) is 66.8 Å². The quantitative estimate of drug-likeness (QED) is 0.193. The summed E-state index contributed by atoms with van der Waals surface area (Å²) in [5.74, 6) is 0. The summed E-state index contributed by atoms with van der Waals surface area (Å²) in [6, 6.07) is 50.8. The van der Waals surface area contributed by atoms with Crippen LogP contribution in [0.25, 0.3) is 88.4 Å². The van der Waals surface area contributed by atoms with E-state index in [1.54, 1.807) is 0 Å². The van der Waals surface area contributed by atoms with Crippen LogP contribution in [0, 0.1) is 0 Å². The van der Waals surface area contributed by atoms with Crippen molar-refractivity contribution in [1.29, 1.82) is 0 Å². The van der Waals surface area contributed by atoms with E-state index in [4.69, 9.17) is 19.9 Å². The molecular weight excluding hydrogens is 560 g/mol. The number of fused-ring (bicyclic) bond motifs is 5. The molecule has 46 heavy (non-hydrogen) atoms. The van der Waals surface area contributed by atoms with Crippen molar-refractivity contribution in [2.45, 2.75) is 0 Å². The van der Waals surface area contributed by atoms with Gasteiger partial charge in [-0.1, -0.05) is 97.1 Å². The highest BCUT2D eigenvalue weighted by atomic mass is 14.8. The zero-order valence-corrected chi connectivity index (χ0v) is 24.8. The van der Waals surface area contributed by atoms with Gasteiger partial charge in [0.05, 0.1) is 33.8 Å². The fourth-order valence-electron chi connectivity index (χ4n) is 6.29. The number of benzene rings is 5. The van der Waals surface area contributed by atoms with E-state index in [-0.39, 0.29) is 0 Å². The van der Waals surface area contributed by atoms with E-state index in [1.807, 2.05) is 24.5 Å². The molecule has 0 aliphatic carbocycles. The Labute approximate surface area is 265 Å². The number of hydrogen-bond acceptors (Lipinski definition) is 4. The largest absolute Gasteiger partial charge is 0.255 e. The normalized spacial score (nSPS) is 11.5. The molecule has 0 atom stereocenters. The minimum atomic E-state index is 0.811. The monoisotopic (exact) mass is 586 g/mol. The van der Waals surface area contributed by atoms with E-state index < -0.39 is 0 Å². The van der Waals surface area contributed by atoms with Gasteiger partial charge < -0.3 is 0 Å². The molecule has 4 heteroatoms. The predicted molar refractivity (Wildman–Crippen MR) is 189 cm³/mol. The molecule has 0 saturated carbocycles. The van der Waals surface area contributed by atoms with Crippen molar-refractivity contribution in [2.24, 2.45) is 0 Å². The number of aromatic nitrogens is 4. The van der Waals surface area contributed by atoms with Crippen LogP contribution in [0.5, 0.6) is 0 Å². The van der Waals surface area contributed by atoms with E-state index in [9.17, 15) is 0 Å². The van der Waals surface area contributed by atoms with Crippen LogP contribution in [-0.2, 0) is 0 Å². The summed E-state index contributed by atoms with van der Waals surface area (Å²) in [5.41, 5.74) is 9.48. The first-order valence-corrected chi connectivity index (χ1v) is 15.4. The highest BCUT2D eigenvalue weighted by Gasteiger charge is 2.12. The third-order valence-electron chi connectivity index (χ3n) is 8.73. The molecule has 9 aromatic rings. The number of nitrogens with zero attached hydrogens (tertiary/aromatic N) is 4. The molecule has 0 aliphatic rings. The Morgan fingerprint density at radius 2 is 0.674 bits per heavy atom. The smallest absolute Gasteiger partial charge is 0.0973 e. The van der Waals surface area contributed by atoms with Crippen LogP contribution < -0.4 is 0 Å². The fraction of sp³-hybridized carbons (Fsp3) is 0. The van der Waals surface area contributed by atoms with Crippen molar-refractivity contribution in [3.05, 3.63) is 158 Å². The molecule has 9 rings (SSSR count). The molecule has 0 saturated heterocycles. The molecule has 0 amide bonds. The van der Waals surface area contributed by atoms with Gasteiger partial charge in [-0.05, 0) is 92.3 Å². The van der Waals surface area contributed by atoms with Crippen LogP contribution in [0.15, 0.2) is 158 Å². The zero-order chi connectivity index (χ0) is 30.5. The summed E-state index contributed by atoms with van der Waals surface area (Å²) in [5, 5.41) is 6.95. The second kappa shape index (κ2) is 10.7. The van der Waals surface area contributed by atoms with E-state index in [0.29, 0.717) is 0 Å². The maximum absolute atomic E-state index is 5.14. The lowest BCUT2D eigenvalue weighted by atomic mass is 10.0. The Balaban J connectivity index is 1.12. The lowest BCUT2D eigenvalue weighted by molar-refractivity contribution is 1.26. The van der Waals surface area contributed by atoms with Crippen LogP contribution >= 0.6 is 0 Å². The molecule has 0 bridgehead atoms. The van der Waals surface area contributed by atoms with Gasteiger partial charge in [0.15, 0.2) is 0 Å². The van der Waals surface area contributed by atoms with Gasteiger partial charge in [0.2, 0.25) is 0 Å². The summed E-state index contributed by atoms with van der Waals surface area (Å²) >= 11 is 0. The minimum absolute atomic E-state index is 0.811. The minimum Gasteiger partial charge on any atom is -0.255 e. The van der Waals surface area contributed by atoms with E-state index in [2.05, 4.69) is 133 Å². The van der Waals surface area contributed by atoms with Crippen LogP contribution in [0.1, 0.15) is 0 Å². The highest BCUT2D eigenvalue weighted by Crippen LogP contribution is 2.32. The van der Waals surface area contributed by atoms with E-state index >= 15 is 0 Å². The van der Waals surface area contributed by atoms with Gasteiger partial charge >= 0.3 is 0 Å². The standard InChI is InChI=1S/C42H26N4/c1-3-7-31-23-33(13-9-27(31)5-1)35-19-21-43-39(25-35)37-17-15-29-11-12-30-16-18-38(46-42(30)41(29)45-37)40-26-36(20-22-44-40)34-14-10-28-6-2-4-8-32(28)24-34/h1-26H. The molecule has 5 aromatic carbocycles. The number of rotatable bonds is 4. The molecule has 4 heterocycles. The first-order chi connectivity index (χ1) is 22.7. The Kier molecular flexibility index (Phi) is 6.10. The Morgan fingerprint density at radius 1 is 0.283 bits per heavy atom. The van der Waals surface area contributed by atoms with Gasteiger partial charge in [0, 0.05) is 23.2 Å². The zero-order valence-electron chi connectivity index (χ0n) is 24.8. The van der Waals surface area contributed by atoms with Crippen molar-refractivity contribution in [3.63, 3.8) is 0 Å². The van der Waals surface area contributed by atoms with Crippen LogP contribution in [0.4, 0.5) is 0 Å². The van der Waals surface area contributed by atoms with Gasteiger partial charge in [-0.2, -0.15) is 0 Å². The summed E-state index contributed by atoms with van der Waals surface area (Å²) < 4.78 is 0. The van der Waals surface area contributed by atoms with E-state index in [1.165, 1.54) is 21.5 Å². The summed E-state index contributed by atoms with van der Waals surface area (Å²) in [6.07, 6.45) is 3.72. The summed E-state index contributed by atoms with van der Waals surface area (Å²) in [7, 11) is 0. The molecule has 0 unspecified atom stereocenters. The molecule has 0 aliphatic heterocycles. The van der Waals surface area contributed by atoms with Gasteiger partial charge in [-0.3, -0.25) is 9.97 Å². The lowest BCUT2D eigenvalue weighted by Gasteiger charge is -2.10. The Hall–Kier alpha value is -6.26. The number of pyridine rings is 4. The predicted octanol–water partition coefficient (Wildman–Crippen LogP) is 10.5. The summed E-state index contributed by atoms with van der Waals surface area (Å²) in [6.45, 7) is 0. The summed E-state index contributed by atoms with van der Waals surface area (Å²) in [4.78, 5) is 19.7. The third kappa shape index (κ3) is 4.64. The topological polar surface area (TPSA) is 51.6 Å². The van der Waals surface area contributed by atoms with Crippen molar-refractivity contribution in [2.75, 3.05) is 0 Å². The maximum atomic E-state index is 5.14. The molecule has 0 N–H and O–H groups in total. The fourth-order valence-corrected chi connectivity index (χ4v) is 6.29. The molecule has 214 valence electrons.